The highest BCUT2D eigenvalue weighted by Gasteiger charge is 2.18. The lowest BCUT2D eigenvalue weighted by molar-refractivity contribution is -0.113. The number of halogens is 1. The average molecular weight is 428 g/mol. The first-order valence-corrected chi connectivity index (χ1v) is 11.3. The number of amides is 1. The molecular weight excluding hydrogens is 402 g/mol. The summed E-state index contributed by atoms with van der Waals surface area (Å²) in [5.41, 5.74) is 5.48. The fourth-order valence-electron chi connectivity index (χ4n) is 2.06. The number of anilines is 1. The van der Waals surface area contributed by atoms with Crippen molar-refractivity contribution in [3.8, 4) is 0 Å². The zero-order chi connectivity index (χ0) is 18.9. The number of nitrogens with two attached hydrogens (primary N) is 1. The van der Waals surface area contributed by atoms with E-state index in [9.17, 15) is 21.6 Å². The Bertz CT molecular complexity index is 782. The van der Waals surface area contributed by atoms with Gasteiger partial charge < -0.3 is 11.1 Å². The maximum atomic E-state index is 12.0. The molecule has 1 aromatic carbocycles. The number of sulfonamides is 1. The summed E-state index contributed by atoms with van der Waals surface area (Å²) in [6.07, 6.45) is 2.20. The van der Waals surface area contributed by atoms with Gasteiger partial charge in [-0.05, 0) is 24.6 Å². The summed E-state index contributed by atoms with van der Waals surface area (Å²) in [6, 6.07) is 5.59. The highest BCUT2D eigenvalue weighted by molar-refractivity contribution is 7.92. The van der Waals surface area contributed by atoms with E-state index in [1.807, 2.05) is 6.92 Å². The second kappa shape index (κ2) is 11.5. The first-order valence-electron chi connectivity index (χ1n) is 8.00. The Morgan fingerprint density at radius 3 is 2.46 bits per heavy atom. The number of hydrogen-bond donors (Lipinski definition) is 3. The van der Waals surface area contributed by atoms with Crippen LogP contribution in [0.3, 0.4) is 0 Å². The van der Waals surface area contributed by atoms with E-state index in [2.05, 4.69) is 10.0 Å². The molecule has 0 spiro atoms. The minimum atomic E-state index is -3.73. The van der Waals surface area contributed by atoms with Gasteiger partial charge in [-0.2, -0.15) is 0 Å². The Hall–Kier alpha value is -1.20. The standard InChI is InChI=1S/C15H25N3O5S2.ClH/c1-2-3-4-10-24(20,21)12-15(19)18-13-6-5-7-14(11-13)25(22,23)17-9-8-16;/h5-7,11,17H,2-4,8-10,12,16H2,1H3,(H,18,19);1H. The van der Waals surface area contributed by atoms with Crippen molar-refractivity contribution in [2.45, 2.75) is 31.1 Å². The minimum absolute atomic E-state index is 0. The van der Waals surface area contributed by atoms with Gasteiger partial charge in [-0.25, -0.2) is 21.6 Å². The summed E-state index contributed by atoms with van der Waals surface area (Å²) < 4.78 is 50.1. The van der Waals surface area contributed by atoms with Crippen molar-refractivity contribution >= 4 is 43.9 Å². The molecule has 11 heteroatoms. The third kappa shape index (κ3) is 8.95. The number of nitrogens with one attached hydrogen (secondary N) is 2. The molecule has 0 bridgehead atoms. The van der Waals surface area contributed by atoms with E-state index in [0.717, 1.165) is 12.8 Å². The largest absolute Gasteiger partial charge is 0.329 e. The highest BCUT2D eigenvalue weighted by atomic mass is 35.5. The molecule has 1 rings (SSSR count). The molecule has 0 aliphatic heterocycles. The number of rotatable bonds is 11. The third-order valence-corrected chi connectivity index (χ3v) is 6.35. The summed E-state index contributed by atoms with van der Waals surface area (Å²) in [4.78, 5) is 11.9. The molecule has 0 aromatic heterocycles. The maximum absolute atomic E-state index is 12.0. The van der Waals surface area contributed by atoms with Crippen LogP contribution in [0.25, 0.3) is 0 Å². The molecule has 0 unspecified atom stereocenters. The summed E-state index contributed by atoms with van der Waals surface area (Å²) >= 11 is 0. The molecule has 150 valence electrons. The first kappa shape index (κ1) is 24.8. The van der Waals surface area contributed by atoms with Crippen LogP contribution in [0.4, 0.5) is 5.69 Å². The van der Waals surface area contributed by atoms with Gasteiger partial charge in [0.05, 0.1) is 10.6 Å². The Balaban J connectivity index is 0.00000625. The van der Waals surface area contributed by atoms with Crippen molar-refractivity contribution in [3.63, 3.8) is 0 Å². The molecule has 1 amide bonds. The molecule has 1 aromatic rings. The summed E-state index contributed by atoms with van der Waals surface area (Å²) in [6.45, 7) is 2.21. The van der Waals surface area contributed by atoms with Gasteiger partial charge in [0.25, 0.3) is 0 Å². The van der Waals surface area contributed by atoms with Crippen molar-refractivity contribution < 1.29 is 21.6 Å². The zero-order valence-electron chi connectivity index (χ0n) is 14.6. The monoisotopic (exact) mass is 427 g/mol. The summed E-state index contributed by atoms with van der Waals surface area (Å²) in [5.74, 6) is -1.36. The summed E-state index contributed by atoms with van der Waals surface area (Å²) in [7, 11) is -7.21. The molecule has 0 radical (unpaired) electrons. The van der Waals surface area contributed by atoms with Gasteiger partial charge in [0.15, 0.2) is 9.84 Å². The first-order chi connectivity index (χ1) is 11.7. The minimum Gasteiger partial charge on any atom is -0.329 e. The molecule has 4 N–H and O–H groups in total. The molecule has 0 atom stereocenters. The molecule has 0 heterocycles. The van der Waals surface area contributed by atoms with Crippen LogP contribution in [0.1, 0.15) is 26.2 Å². The van der Waals surface area contributed by atoms with Crippen molar-refractivity contribution in [3.05, 3.63) is 24.3 Å². The predicted octanol–water partition coefficient (Wildman–Crippen LogP) is 0.889. The second-order valence-electron chi connectivity index (χ2n) is 5.56. The van der Waals surface area contributed by atoms with Crippen molar-refractivity contribution in [2.24, 2.45) is 5.73 Å². The van der Waals surface area contributed by atoms with Crippen LogP contribution in [0.2, 0.25) is 0 Å². The van der Waals surface area contributed by atoms with Crippen LogP contribution in [0.5, 0.6) is 0 Å². The number of hydrogen-bond acceptors (Lipinski definition) is 6. The van der Waals surface area contributed by atoms with Crippen LogP contribution in [-0.2, 0) is 24.7 Å². The molecule has 0 fully saturated rings. The van der Waals surface area contributed by atoms with E-state index >= 15 is 0 Å². The van der Waals surface area contributed by atoms with Crippen LogP contribution in [-0.4, -0.2) is 47.3 Å². The van der Waals surface area contributed by atoms with Gasteiger partial charge in [-0.15, -0.1) is 12.4 Å². The maximum Gasteiger partial charge on any atom is 0.240 e. The molecule has 0 saturated carbocycles. The van der Waals surface area contributed by atoms with E-state index in [4.69, 9.17) is 5.73 Å². The quantitative estimate of drug-likeness (QED) is 0.448. The number of sulfone groups is 1. The molecule has 0 aliphatic carbocycles. The molecule has 26 heavy (non-hydrogen) atoms. The number of unbranched alkanes of at least 4 members (excludes halogenated alkanes) is 2. The second-order valence-corrected chi connectivity index (χ2v) is 9.51. The summed E-state index contributed by atoms with van der Waals surface area (Å²) in [5, 5.41) is 2.42. The van der Waals surface area contributed by atoms with Crippen molar-refractivity contribution in [1.82, 2.24) is 4.72 Å². The predicted molar refractivity (Wildman–Crippen MR) is 105 cm³/mol. The smallest absolute Gasteiger partial charge is 0.240 e. The van der Waals surface area contributed by atoms with E-state index in [1.54, 1.807) is 0 Å². The van der Waals surface area contributed by atoms with Gasteiger partial charge in [-0.1, -0.05) is 25.8 Å². The molecule has 0 aliphatic rings. The van der Waals surface area contributed by atoms with Crippen molar-refractivity contribution in [1.29, 1.82) is 0 Å². The zero-order valence-corrected chi connectivity index (χ0v) is 17.1. The van der Waals surface area contributed by atoms with E-state index in [1.165, 1.54) is 24.3 Å². The van der Waals surface area contributed by atoms with Gasteiger partial charge >= 0.3 is 0 Å². The van der Waals surface area contributed by atoms with E-state index in [0.29, 0.717) is 6.42 Å². The van der Waals surface area contributed by atoms with Crippen LogP contribution in [0, 0.1) is 0 Å². The lowest BCUT2D eigenvalue weighted by Gasteiger charge is -2.09. The van der Waals surface area contributed by atoms with Crippen LogP contribution < -0.4 is 15.8 Å². The van der Waals surface area contributed by atoms with Gasteiger partial charge in [0, 0.05) is 18.8 Å². The Morgan fingerprint density at radius 2 is 1.85 bits per heavy atom. The lowest BCUT2D eigenvalue weighted by atomic mass is 10.3. The highest BCUT2D eigenvalue weighted by Crippen LogP contribution is 2.15. The Kier molecular flexibility index (Phi) is 11.0. The Labute approximate surface area is 161 Å². The molecule has 0 saturated heterocycles. The number of benzene rings is 1. The topological polar surface area (TPSA) is 135 Å². The fraction of sp³-hybridized carbons (Fsp3) is 0.533. The number of carbonyl (C=O) groups excluding carboxylic acids is 1. The fourth-order valence-corrected chi connectivity index (χ4v) is 4.41. The third-order valence-electron chi connectivity index (χ3n) is 3.27. The lowest BCUT2D eigenvalue weighted by Crippen LogP contribution is -2.29. The van der Waals surface area contributed by atoms with Crippen LogP contribution >= 0.6 is 12.4 Å². The average Bonchev–Trinajstić information content (AvgIpc) is 2.52. The van der Waals surface area contributed by atoms with E-state index < -0.39 is 31.5 Å². The van der Waals surface area contributed by atoms with E-state index in [-0.39, 0.29) is 41.8 Å². The number of carbonyl (C=O) groups is 1. The van der Waals surface area contributed by atoms with Gasteiger partial charge in [0.1, 0.15) is 5.75 Å². The van der Waals surface area contributed by atoms with Gasteiger partial charge in [0.2, 0.25) is 15.9 Å². The Morgan fingerprint density at radius 1 is 1.15 bits per heavy atom. The SMILES string of the molecule is CCCCCS(=O)(=O)CC(=O)Nc1cccc(S(=O)(=O)NCCN)c1.Cl. The molecule has 8 nitrogen and oxygen atoms in total. The normalized spacial score (nSPS) is 11.6. The van der Waals surface area contributed by atoms with Crippen LogP contribution in [0.15, 0.2) is 29.2 Å². The van der Waals surface area contributed by atoms with Crippen molar-refractivity contribution in [2.75, 3.05) is 29.9 Å². The molecular formula is C15H26ClN3O5S2. The van der Waals surface area contributed by atoms with Gasteiger partial charge in [-0.3, -0.25) is 4.79 Å².